The first-order valence-corrected chi connectivity index (χ1v) is 10.1. The zero-order valence-corrected chi connectivity index (χ0v) is 16.5. The van der Waals surface area contributed by atoms with E-state index in [1.54, 1.807) is 0 Å². The number of nitrogens with zero attached hydrogens (tertiary/aromatic N) is 2. The Morgan fingerprint density at radius 1 is 0.929 bits per heavy atom. The maximum atomic E-state index is 12.5. The molecule has 5 heteroatoms. The fraction of sp³-hybridized carbons (Fsp3) is 0.391. The lowest BCUT2D eigenvalue weighted by atomic mass is 9.96. The molecule has 2 amide bonds. The van der Waals surface area contributed by atoms with Crippen LogP contribution in [0.15, 0.2) is 60.7 Å². The van der Waals surface area contributed by atoms with Crippen LogP contribution in [0.3, 0.4) is 0 Å². The molecule has 0 saturated carbocycles. The summed E-state index contributed by atoms with van der Waals surface area (Å²) in [5, 5.41) is 3.08. The summed E-state index contributed by atoms with van der Waals surface area (Å²) >= 11 is 0. The summed E-state index contributed by atoms with van der Waals surface area (Å²) in [4.78, 5) is 28.9. The molecular formula is C23H29N3O2. The number of carbonyl (C=O) groups excluding carboxylic acids is 2. The van der Waals surface area contributed by atoms with Crippen LogP contribution in [0.5, 0.6) is 0 Å². The second-order valence-corrected chi connectivity index (χ2v) is 7.25. The molecule has 1 aliphatic rings. The SMILES string of the molecule is CC[C@H](CNC(=O)CN1CCN(C(=O)c2ccccc2)CC1)c1ccccc1. The molecule has 5 nitrogen and oxygen atoms in total. The molecule has 1 N–H and O–H groups in total. The Kier molecular flexibility index (Phi) is 7.20. The largest absolute Gasteiger partial charge is 0.354 e. The van der Waals surface area contributed by atoms with Crippen LogP contribution >= 0.6 is 0 Å². The third-order valence-electron chi connectivity index (χ3n) is 5.36. The number of nitrogens with one attached hydrogen (secondary N) is 1. The van der Waals surface area contributed by atoms with Crippen molar-refractivity contribution in [1.29, 1.82) is 0 Å². The van der Waals surface area contributed by atoms with Crippen molar-refractivity contribution in [2.24, 2.45) is 0 Å². The second-order valence-electron chi connectivity index (χ2n) is 7.25. The number of rotatable bonds is 7. The molecule has 3 rings (SSSR count). The number of benzene rings is 2. The Labute approximate surface area is 167 Å². The molecule has 2 aromatic carbocycles. The molecule has 1 saturated heterocycles. The number of amides is 2. The molecule has 1 fully saturated rings. The summed E-state index contributed by atoms with van der Waals surface area (Å²) in [5.41, 5.74) is 1.98. The summed E-state index contributed by atoms with van der Waals surface area (Å²) in [6, 6.07) is 19.7. The third kappa shape index (κ3) is 5.42. The molecule has 0 aromatic heterocycles. The molecule has 0 unspecified atom stereocenters. The minimum Gasteiger partial charge on any atom is -0.354 e. The summed E-state index contributed by atoms with van der Waals surface area (Å²) < 4.78 is 0. The van der Waals surface area contributed by atoms with Crippen LogP contribution in [0, 0.1) is 0 Å². The summed E-state index contributed by atoms with van der Waals surface area (Å²) in [6.07, 6.45) is 0.991. The Morgan fingerprint density at radius 3 is 2.14 bits per heavy atom. The molecule has 0 spiro atoms. The van der Waals surface area contributed by atoms with E-state index < -0.39 is 0 Å². The van der Waals surface area contributed by atoms with Gasteiger partial charge in [0.25, 0.3) is 5.91 Å². The van der Waals surface area contributed by atoms with Gasteiger partial charge in [-0.1, -0.05) is 55.5 Å². The van der Waals surface area contributed by atoms with Gasteiger partial charge in [-0.05, 0) is 24.1 Å². The standard InChI is InChI=1S/C23H29N3O2/c1-2-19(20-9-5-3-6-10-20)17-24-22(27)18-25-13-15-26(16-14-25)23(28)21-11-7-4-8-12-21/h3-12,19H,2,13-18H2,1H3,(H,24,27)/t19-/m1/s1. The lowest BCUT2D eigenvalue weighted by Gasteiger charge is -2.34. The van der Waals surface area contributed by atoms with Crippen molar-refractivity contribution in [1.82, 2.24) is 15.1 Å². The van der Waals surface area contributed by atoms with E-state index in [2.05, 4.69) is 29.3 Å². The molecule has 148 valence electrons. The van der Waals surface area contributed by atoms with E-state index in [4.69, 9.17) is 0 Å². The van der Waals surface area contributed by atoms with E-state index in [0.29, 0.717) is 32.1 Å². The van der Waals surface area contributed by atoms with Crippen LogP contribution in [0.2, 0.25) is 0 Å². The van der Waals surface area contributed by atoms with Gasteiger partial charge in [0, 0.05) is 44.2 Å². The fourth-order valence-corrected chi connectivity index (χ4v) is 3.59. The van der Waals surface area contributed by atoms with Gasteiger partial charge in [-0.2, -0.15) is 0 Å². The predicted molar refractivity (Wildman–Crippen MR) is 111 cm³/mol. The predicted octanol–water partition coefficient (Wildman–Crippen LogP) is 2.75. The van der Waals surface area contributed by atoms with E-state index >= 15 is 0 Å². The average molecular weight is 380 g/mol. The van der Waals surface area contributed by atoms with E-state index in [-0.39, 0.29) is 11.8 Å². The molecule has 2 aromatic rings. The van der Waals surface area contributed by atoms with E-state index in [9.17, 15) is 9.59 Å². The van der Waals surface area contributed by atoms with Gasteiger partial charge in [-0.3, -0.25) is 14.5 Å². The van der Waals surface area contributed by atoms with Gasteiger partial charge in [0.15, 0.2) is 0 Å². The van der Waals surface area contributed by atoms with Crippen molar-refractivity contribution in [3.8, 4) is 0 Å². The van der Waals surface area contributed by atoms with Crippen LogP contribution in [0.1, 0.15) is 35.2 Å². The Balaban J connectivity index is 1.42. The topological polar surface area (TPSA) is 52.7 Å². The highest BCUT2D eigenvalue weighted by Gasteiger charge is 2.23. The van der Waals surface area contributed by atoms with Crippen molar-refractivity contribution in [2.75, 3.05) is 39.3 Å². The van der Waals surface area contributed by atoms with Gasteiger partial charge in [0.05, 0.1) is 6.54 Å². The fourth-order valence-electron chi connectivity index (χ4n) is 3.59. The molecule has 0 radical (unpaired) electrons. The van der Waals surface area contributed by atoms with Crippen molar-refractivity contribution < 1.29 is 9.59 Å². The van der Waals surface area contributed by atoms with Crippen LogP contribution < -0.4 is 5.32 Å². The first-order chi connectivity index (χ1) is 13.7. The average Bonchev–Trinajstić information content (AvgIpc) is 2.75. The Bertz CT molecular complexity index is 756. The maximum absolute atomic E-state index is 12.5. The van der Waals surface area contributed by atoms with Crippen LogP contribution in [0.4, 0.5) is 0 Å². The minimum atomic E-state index is 0.0530. The monoisotopic (exact) mass is 379 g/mol. The van der Waals surface area contributed by atoms with Gasteiger partial charge < -0.3 is 10.2 Å². The van der Waals surface area contributed by atoms with Crippen molar-refractivity contribution in [3.63, 3.8) is 0 Å². The first kappa shape index (κ1) is 20.1. The minimum absolute atomic E-state index is 0.0530. The second kappa shape index (κ2) is 10.0. The van der Waals surface area contributed by atoms with Crippen LogP contribution in [-0.4, -0.2) is 60.9 Å². The number of hydrogen-bond acceptors (Lipinski definition) is 3. The summed E-state index contributed by atoms with van der Waals surface area (Å²) in [5.74, 6) is 0.459. The van der Waals surface area contributed by atoms with Gasteiger partial charge in [0.2, 0.25) is 5.91 Å². The normalized spacial score (nSPS) is 15.8. The van der Waals surface area contributed by atoms with E-state index in [1.807, 2.05) is 53.4 Å². The quantitative estimate of drug-likeness (QED) is 0.805. The zero-order chi connectivity index (χ0) is 19.8. The highest BCUT2D eigenvalue weighted by atomic mass is 16.2. The van der Waals surface area contributed by atoms with Gasteiger partial charge in [-0.15, -0.1) is 0 Å². The summed E-state index contributed by atoms with van der Waals surface area (Å²) in [7, 11) is 0. The molecule has 1 aliphatic heterocycles. The highest BCUT2D eigenvalue weighted by Crippen LogP contribution is 2.18. The first-order valence-electron chi connectivity index (χ1n) is 10.1. The Morgan fingerprint density at radius 2 is 1.54 bits per heavy atom. The zero-order valence-electron chi connectivity index (χ0n) is 16.5. The molecular weight excluding hydrogens is 350 g/mol. The van der Waals surface area contributed by atoms with Crippen LogP contribution in [0.25, 0.3) is 0 Å². The number of hydrogen-bond donors (Lipinski definition) is 1. The molecule has 28 heavy (non-hydrogen) atoms. The summed E-state index contributed by atoms with van der Waals surface area (Å²) in [6.45, 7) is 5.95. The van der Waals surface area contributed by atoms with Crippen molar-refractivity contribution in [2.45, 2.75) is 19.3 Å². The lowest BCUT2D eigenvalue weighted by molar-refractivity contribution is -0.122. The molecule has 1 atom stereocenters. The number of piperazine rings is 1. The molecule has 0 aliphatic carbocycles. The maximum Gasteiger partial charge on any atom is 0.253 e. The van der Waals surface area contributed by atoms with Crippen LogP contribution in [-0.2, 0) is 4.79 Å². The lowest BCUT2D eigenvalue weighted by Crippen LogP contribution is -2.51. The van der Waals surface area contributed by atoms with Gasteiger partial charge >= 0.3 is 0 Å². The van der Waals surface area contributed by atoms with E-state index in [0.717, 1.165) is 25.1 Å². The Hall–Kier alpha value is -2.66. The third-order valence-corrected chi connectivity index (χ3v) is 5.36. The smallest absolute Gasteiger partial charge is 0.253 e. The highest BCUT2D eigenvalue weighted by molar-refractivity contribution is 5.94. The molecule has 1 heterocycles. The van der Waals surface area contributed by atoms with Crippen molar-refractivity contribution >= 4 is 11.8 Å². The van der Waals surface area contributed by atoms with Gasteiger partial charge in [0.1, 0.15) is 0 Å². The van der Waals surface area contributed by atoms with E-state index in [1.165, 1.54) is 5.56 Å². The molecule has 0 bridgehead atoms. The van der Waals surface area contributed by atoms with Crippen molar-refractivity contribution in [3.05, 3.63) is 71.8 Å². The number of carbonyl (C=O) groups is 2. The van der Waals surface area contributed by atoms with Gasteiger partial charge in [-0.25, -0.2) is 0 Å².